The average Bonchev–Trinajstić information content (AvgIpc) is 2.36. The van der Waals surface area contributed by atoms with Crippen LogP contribution in [0, 0.1) is 11.6 Å². The highest BCUT2D eigenvalue weighted by Crippen LogP contribution is 2.14. The second kappa shape index (κ2) is 6.99. The molecular formula is C14H20F2N2O3S. The van der Waals surface area contributed by atoms with Crippen molar-refractivity contribution < 1.29 is 21.9 Å². The van der Waals surface area contributed by atoms with E-state index in [0.29, 0.717) is 12.6 Å². The molecule has 0 saturated carbocycles. The number of nitrogens with zero attached hydrogens (tertiary/aromatic N) is 1. The number of hydrogen-bond acceptors (Lipinski definition) is 4. The highest BCUT2D eigenvalue weighted by molar-refractivity contribution is 7.89. The molecule has 0 bridgehead atoms. The fourth-order valence-corrected chi connectivity index (χ4v) is 3.63. The van der Waals surface area contributed by atoms with Crippen LogP contribution in [0.15, 0.2) is 23.1 Å². The van der Waals surface area contributed by atoms with Gasteiger partial charge in [0.1, 0.15) is 11.6 Å². The van der Waals surface area contributed by atoms with E-state index in [-0.39, 0.29) is 18.8 Å². The van der Waals surface area contributed by atoms with Gasteiger partial charge < -0.3 is 4.74 Å². The Morgan fingerprint density at radius 2 is 1.73 bits per heavy atom. The fourth-order valence-electron chi connectivity index (χ4n) is 2.57. The summed E-state index contributed by atoms with van der Waals surface area (Å²) in [6.45, 7) is 6.04. The van der Waals surface area contributed by atoms with Crippen LogP contribution in [-0.2, 0) is 14.8 Å². The van der Waals surface area contributed by atoms with E-state index >= 15 is 0 Å². The van der Waals surface area contributed by atoms with Crippen molar-refractivity contribution in [3.05, 3.63) is 29.8 Å². The van der Waals surface area contributed by atoms with E-state index in [9.17, 15) is 17.2 Å². The third-order valence-corrected chi connectivity index (χ3v) is 4.80. The van der Waals surface area contributed by atoms with Gasteiger partial charge in [0.05, 0.1) is 17.1 Å². The fraction of sp³-hybridized carbons (Fsp3) is 0.571. The predicted octanol–water partition coefficient (Wildman–Crippen LogP) is 1.35. The number of rotatable bonds is 5. The molecule has 0 spiro atoms. The van der Waals surface area contributed by atoms with Gasteiger partial charge in [-0.15, -0.1) is 0 Å². The lowest BCUT2D eigenvalue weighted by Crippen LogP contribution is -2.47. The summed E-state index contributed by atoms with van der Waals surface area (Å²) in [5, 5.41) is 0. The first kappa shape index (κ1) is 17.3. The second-order valence-corrected chi connectivity index (χ2v) is 7.29. The molecule has 0 amide bonds. The van der Waals surface area contributed by atoms with E-state index in [2.05, 4.69) is 9.62 Å². The normalized spacial score (nSPS) is 23.6. The number of hydrogen-bond donors (Lipinski definition) is 1. The van der Waals surface area contributed by atoms with Crippen LogP contribution in [0.5, 0.6) is 0 Å². The molecule has 8 heteroatoms. The zero-order valence-corrected chi connectivity index (χ0v) is 13.4. The Hall–Kier alpha value is -1.09. The van der Waals surface area contributed by atoms with Gasteiger partial charge in [-0.3, -0.25) is 4.90 Å². The van der Waals surface area contributed by atoms with Crippen molar-refractivity contribution in [2.45, 2.75) is 31.0 Å². The highest BCUT2D eigenvalue weighted by Gasteiger charge is 2.22. The summed E-state index contributed by atoms with van der Waals surface area (Å²) in [4.78, 5) is 1.68. The SMILES string of the molecule is C[C@@H]1CN(CCNS(=O)(=O)c2cc(F)cc(F)c2)C[C@@H](C)O1. The van der Waals surface area contributed by atoms with E-state index < -0.39 is 26.6 Å². The Bertz CT molecular complexity index is 594. The topological polar surface area (TPSA) is 58.6 Å². The molecule has 124 valence electrons. The van der Waals surface area contributed by atoms with Crippen LogP contribution < -0.4 is 4.72 Å². The first-order valence-corrected chi connectivity index (χ1v) is 8.58. The van der Waals surface area contributed by atoms with Crippen LogP contribution in [0.4, 0.5) is 8.78 Å². The van der Waals surface area contributed by atoms with Gasteiger partial charge in [-0.25, -0.2) is 21.9 Å². The maximum Gasteiger partial charge on any atom is 0.240 e. The van der Waals surface area contributed by atoms with E-state index in [0.717, 1.165) is 25.2 Å². The Morgan fingerprint density at radius 3 is 2.27 bits per heavy atom. The molecule has 1 saturated heterocycles. The largest absolute Gasteiger partial charge is 0.373 e. The molecule has 0 unspecified atom stereocenters. The Morgan fingerprint density at radius 1 is 1.18 bits per heavy atom. The standard InChI is InChI=1S/C14H20F2N2O3S/c1-10-8-18(9-11(2)21-10)4-3-17-22(19,20)14-6-12(15)5-13(16)7-14/h5-7,10-11,17H,3-4,8-9H2,1-2H3/t10-,11-/m1/s1. The van der Waals surface area contributed by atoms with Crippen molar-refractivity contribution in [1.82, 2.24) is 9.62 Å². The maximum atomic E-state index is 13.1. The minimum atomic E-state index is -3.92. The second-order valence-electron chi connectivity index (χ2n) is 5.52. The number of sulfonamides is 1. The number of halogens is 2. The van der Waals surface area contributed by atoms with E-state index in [1.54, 1.807) is 0 Å². The van der Waals surface area contributed by atoms with Crippen LogP contribution in [-0.4, -0.2) is 51.7 Å². The molecule has 1 fully saturated rings. The van der Waals surface area contributed by atoms with Gasteiger partial charge in [-0.1, -0.05) is 0 Å². The van der Waals surface area contributed by atoms with Crippen molar-refractivity contribution >= 4 is 10.0 Å². The molecule has 1 aliphatic heterocycles. The van der Waals surface area contributed by atoms with Crippen molar-refractivity contribution in [2.24, 2.45) is 0 Å². The predicted molar refractivity (Wildman–Crippen MR) is 78.0 cm³/mol. The van der Waals surface area contributed by atoms with Crippen LogP contribution in [0.25, 0.3) is 0 Å². The summed E-state index contributed by atoms with van der Waals surface area (Å²) in [6.07, 6.45) is 0.190. The summed E-state index contributed by atoms with van der Waals surface area (Å²) in [6, 6.07) is 2.23. The van der Waals surface area contributed by atoms with Gasteiger partial charge in [-0.05, 0) is 26.0 Å². The van der Waals surface area contributed by atoms with Crippen molar-refractivity contribution in [3.8, 4) is 0 Å². The van der Waals surface area contributed by atoms with Gasteiger partial charge >= 0.3 is 0 Å². The van der Waals surface area contributed by atoms with E-state index in [1.807, 2.05) is 13.8 Å². The Balaban J connectivity index is 1.92. The number of benzene rings is 1. The lowest BCUT2D eigenvalue weighted by Gasteiger charge is -2.35. The van der Waals surface area contributed by atoms with Gasteiger partial charge in [-0.2, -0.15) is 0 Å². The highest BCUT2D eigenvalue weighted by atomic mass is 32.2. The summed E-state index contributed by atoms with van der Waals surface area (Å²) >= 11 is 0. The van der Waals surface area contributed by atoms with Crippen LogP contribution in [0.2, 0.25) is 0 Å². The van der Waals surface area contributed by atoms with Gasteiger partial charge in [0.2, 0.25) is 10.0 Å². The summed E-state index contributed by atoms with van der Waals surface area (Å²) < 4.78 is 58.2. The van der Waals surface area contributed by atoms with Crippen LogP contribution in [0.3, 0.4) is 0 Å². The van der Waals surface area contributed by atoms with Crippen molar-refractivity contribution in [2.75, 3.05) is 26.2 Å². The molecule has 1 aliphatic rings. The van der Waals surface area contributed by atoms with Gasteiger partial charge in [0, 0.05) is 32.2 Å². The number of nitrogens with one attached hydrogen (secondary N) is 1. The molecule has 1 aromatic carbocycles. The average molecular weight is 334 g/mol. The molecule has 22 heavy (non-hydrogen) atoms. The Labute approximate surface area is 129 Å². The minimum Gasteiger partial charge on any atom is -0.373 e. The summed E-state index contributed by atoms with van der Waals surface area (Å²) in [5.41, 5.74) is 0. The molecule has 5 nitrogen and oxygen atoms in total. The third-order valence-electron chi connectivity index (χ3n) is 3.36. The first-order chi connectivity index (χ1) is 10.3. The zero-order chi connectivity index (χ0) is 16.3. The maximum absolute atomic E-state index is 13.1. The lowest BCUT2D eigenvalue weighted by molar-refractivity contribution is -0.0671. The molecule has 0 aromatic heterocycles. The summed E-state index contributed by atoms with van der Waals surface area (Å²) in [5.74, 6) is -1.84. The molecular weight excluding hydrogens is 314 g/mol. The molecule has 1 heterocycles. The molecule has 0 radical (unpaired) electrons. The van der Waals surface area contributed by atoms with Crippen LogP contribution >= 0.6 is 0 Å². The van der Waals surface area contributed by atoms with Gasteiger partial charge in [0.15, 0.2) is 0 Å². The first-order valence-electron chi connectivity index (χ1n) is 7.10. The van der Waals surface area contributed by atoms with E-state index in [1.165, 1.54) is 0 Å². The molecule has 1 aromatic rings. The number of morpholine rings is 1. The molecule has 1 N–H and O–H groups in total. The van der Waals surface area contributed by atoms with Crippen molar-refractivity contribution in [3.63, 3.8) is 0 Å². The summed E-state index contributed by atoms with van der Waals surface area (Å²) in [7, 11) is -3.92. The lowest BCUT2D eigenvalue weighted by atomic mass is 10.2. The third kappa shape index (κ3) is 4.70. The minimum absolute atomic E-state index is 0.0951. The van der Waals surface area contributed by atoms with Crippen LogP contribution in [0.1, 0.15) is 13.8 Å². The molecule has 2 rings (SSSR count). The Kier molecular flexibility index (Phi) is 5.49. The molecule has 0 aliphatic carbocycles. The number of ether oxygens (including phenoxy) is 1. The monoisotopic (exact) mass is 334 g/mol. The van der Waals surface area contributed by atoms with Gasteiger partial charge in [0.25, 0.3) is 0 Å². The smallest absolute Gasteiger partial charge is 0.240 e. The van der Waals surface area contributed by atoms with Crippen molar-refractivity contribution in [1.29, 1.82) is 0 Å². The zero-order valence-electron chi connectivity index (χ0n) is 12.6. The quantitative estimate of drug-likeness (QED) is 0.883. The molecule has 2 atom stereocenters. The van der Waals surface area contributed by atoms with E-state index in [4.69, 9.17) is 4.74 Å².